The van der Waals surface area contributed by atoms with E-state index in [9.17, 15) is 0 Å². The molecular formula is C12H17ClN2. The largest absolute Gasteiger partial charge is 0.381 e. The highest BCUT2D eigenvalue weighted by Gasteiger charge is 2.29. The number of hydrogen-bond acceptors (Lipinski definition) is 2. The van der Waals surface area contributed by atoms with Crippen LogP contribution < -0.4 is 5.32 Å². The number of aromatic nitrogens is 1. The van der Waals surface area contributed by atoms with Gasteiger partial charge in [-0.05, 0) is 43.7 Å². The third kappa shape index (κ3) is 2.63. The number of nitrogens with one attached hydrogen (secondary N) is 1. The van der Waals surface area contributed by atoms with Crippen LogP contribution in [0, 0.1) is 12.8 Å². The highest BCUT2D eigenvalue weighted by molar-refractivity contribution is 6.30. The molecule has 2 rings (SSSR count). The van der Waals surface area contributed by atoms with E-state index in [2.05, 4.69) is 23.3 Å². The first-order valence-electron chi connectivity index (χ1n) is 5.59. The summed E-state index contributed by atoms with van der Waals surface area (Å²) in [4.78, 5) is 4.15. The highest BCUT2D eigenvalue weighted by atomic mass is 35.5. The maximum Gasteiger partial charge on any atom is 0.132 e. The summed E-state index contributed by atoms with van der Waals surface area (Å²) in [5.41, 5.74) is 2.13. The fourth-order valence-corrected chi connectivity index (χ4v) is 2.01. The van der Waals surface area contributed by atoms with Crippen molar-refractivity contribution in [3.63, 3.8) is 0 Å². The van der Waals surface area contributed by atoms with Crippen molar-refractivity contribution in [1.29, 1.82) is 0 Å². The Bertz CT molecular complexity index is 347. The minimum Gasteiger partial charge on any atom is -0.381 e. The zero-order valence-corrected chi connectivity index (χ0v) is 10.0. The Kier molecular flexibility index (Phi) is 3.15. The minimum atomic E-state index is 0.597. The molecule has 3 heteroatoms. The van der Waals surface area contributed by atoms with Gasteiger partial charge in [0.25, 0.3) is 0 Å². The fourth-order valence-electron chi connectivity index (χ4n) is 1.90. The van der Waals surface area contributed by atoms with Gasteiger partial charge in [-0.2, -0.15) is 0 Å². The molecule has 0 aromatic carbocycles. The van der Waals surface area contributed by atoms with E-state index in [4.69, 9.17) is 11.6 Å². The Morgan fingerprint density at radius 2 is 2.33 bits per heavy atom. The molecule has 1 fully saturated rings. The van der Waals surface area contributed by atoms with Gasteiger partial charge in [-0.25, -0.2) is 4.98 Å². The van der Waals surface area contributed by atoms with E-state index in [1.165, 1.54) is 19.3 Å². The molecule has 1 aliphatic rings. The van der Waals surface area contributed by atoms with Gasteiger partial charge in [-0.3, -0.25) is 0 Å². The minimum absolute atomic E-state index is 0.597. The standard InChI is InChI=1S/C12H17ClN2/c1-3-11(9-4-5-9)15-10-6-8(2)12(13)14-7-10/h6-7,9,11,15H,3-5H2,1-2H3. The summed E-state index contributed by atoms with van der Waals surface area (Å²) in [6.45, 7) is 4.21. The molecule has 1 saturated carbocycles. The molecular weight excluding hydrogens is 208 g/mol. The number of nitrogens with zero attached hydrogens (tertiary/aromatic N) is 1. The van der Waals surface area contributed by atoms with Crippen molar-refractivity contribution in [2.45, 2.75) is 39.2 Å². The van der Waals surface area contributed by atoms with E-state index >= 15 is 0 Å². The zero-order valence-electron chi connectivity index (χ0n) is 9.26. The first kappa shape index (κ1) is 10.7. The van der Waals surface area contributed by atoms with E-state index in [1.54, 1.807) is 0 Å². The lowest BCUT2D eigenvalue weighted by Crippen LogP contribution is -2.20. The monoisotopic (exact) mass is 224 g/mol. The topological polar surface area (TPSA) is 24.9 Å². The van der Waals surface area contributed by atoms with Gasteiger partial charge in [0.05, 0.1) is 11.9 Å². The number of halogens is 1. The molecule has 0 aliphatic heterocycles. The van der Waals surface area contributed by atoms with Gasteiger partial charge in [0.2, 0.25) is 0 Å². The van der Waals surface area contributed by atoms with E-state index in [0.29, 0.717) is 11.2 Å². The zero-order chi connectivity index (χ0) is 10.8. The van der Waals surface area contributed by atoms with E-state index in [0.717, 1.165) is 17.2 Å². The van der Waals surface area contributed by atoms with Gasteiger partial charge in [0, 0.05) is 6.04 Å². The summed E-state index contributed by atoms with van der Waals surface area (Å²) in [5.74, 6) is 0.867. The molecule has 1 heterocycles. The second-order valence-corrected chi connectivity index (χ2v) is 4.69. The molecule has 0 amide bonds. The van der Waals surface area contributed by atoms with E-state index in [1.807, 2.05) is 13.1 Å². The maximum absolute atomic E-state index is 5.89. The number of pyridine rings is 1. The normalized spacial score (nSPS) is 17.5. The fraction of sp³-hybridized carbons (Fsp3) is 0.583. The van der Waals surface area contributed by atoms with Crippen LogP contribution in [0.3, 0.4) is 0 Å². The lowest BCUT2D eigenvalue weighted by atomic mass is 10.1. The van der Waals surface area contributed by atoms with Crippen LogP contribution in [0.5, 0.6) is 0 Å². The Hall–Kier alpha value is -0.760. The van der Waals surface area contributed by atoms with Crippen LogP contribution in [0.4, 0.5) is 5.69 Å². The van der Waals surface area contributed by atoms with Crippen molar-refractivity contribution in [3.05, 3.63) is 23.0 Å². The lowest BCUT2D eigenvalue weighted by molar-refractivity contribution is 0.616. The molecule has 1 aliphatic carbocycles. The van der Waals surface area contributed by atoms with Crippen molar-refractivity contribution in [2.75, 3.05) is 5.32 Å². The number of hydrogen-bond donors (Lipinski definition) is 1. The summed E-state index contributed by atoms with van der Waals surface area (Å²) in [7, 11) is 0. The highest BCUT2D eigenvalue weighted by Crippen LogP contribution is 2.35. The first-order chi connectivity index (χ1) is 7.20. The third-order valence-electron chi connectivity index (χ3n) is 3.00. The Labute approximate surface area is 96.1 Å². The summed E-state index contributed by atoms with van der Waals surface area (Å²) in [6, 6.07) is 2.67. The molecule has 82 valence electrons. The number of anilines is 1. The number of rotatable bonds is 4. The van der Waals surface area contributed by atoms with Crippen LogP contribution in [0.25, 0.3) is 0 Å². The number of aryl methyl sites for hydroxylation is 1. The molecule has 1 unspecified atom stereocenters. The molecule has 0 radical (unpaired) electrons. The summed E-state index contributed by atoms with van der Waals surface area (Å²) < 4.78 is 0. The SMILES string of the molecule is CCC(Nc1cnc(Cl)c(C)c1)C1CC1. The average Bonchev–Trinajstić information content (AvgIpc) is 3.03. The van der Waals surface area contributed by atoms with Crippen LogP contribution in [0.2, 0.25) is 5.15 Å². The molecule has 1 N–H and O–H groups in total. The van der Waals surface area contributed by atoms with E-state index < -0.39 is 0 Å². The van der Waals surface area contributed by atoms with Crippen molar-refractivity contribution in [1.82, 2.24) is 4.98 Å². The Morgan fingerprint density at radius 1 is 1.60 bits per heavy atom. The van der Waals surface area contributed by atoms with Gasteiger partial charge in [0.1, 0.15) is 5.15 Å². The third-order valence-corrected chi connectivity index (χ3v) is 3.39. The van der Waals surface area contributed by atoms with Crippen molar-refractivity contribution in [3.8, 4) is 0 Å². The smallest absolute Gasteiger partial charge is 0.132 e. The summed E-state index contributed by atoms with van der Waals surface area (Å²) >= 11 is 5.89. The molecule has 0 saturated heterocycles. The van der Waals surface area contributed by atoms with Crippen LogP contribution >= 0.6 is 11.6 Å². The predicted octanol–water partition coefficient (Wildman–Crippen LogP) is 3.64. The average molecular weight is 225 g/mol. The summed E-state index contributed by atoms with van der Waals surface area (Å²) in [5, 5.41) is 4.13. The quantitative estimate of drug-likeness (QED) is 0.790. The second kappa shape index (κ2) is 4.40. The van der Waals surface area contributed by atoms with Crippen LogP contribution in [-0.2, 0) is 0 Å². The molecule has 1 aromatic rings. The molecule has 1 aromatic heterocycles. The molecule has 0 spiro atoms. The predicted molar refractivity (Wildman–Crippen MR) is 64.4 cm³/mol. The van der Waals surface area contributed by atoms with Gasteiger partial charge in [-0.15, -0.1) is 0 Å². The Morgan fingerprint density at radius 3 is 2.87 bits per heavy atom. The van der Waals surface area contributed by atoms with Crippen molar-refractivity contribution < 1.29 is 0 Å². The van der Waals surface area contributed by atoms with Gasteiger partial charge >= 0.3 is 0 Å². The van der Waals surface area contributed by atoms with Crippen molar-refractivity contribution in [2.24, 2.45) is 5.92 Å². The van der Waals surface area contributed by atoms with Gasteiger partial charge < -0.3 is 5.32 Å². The molecule has 15 heavy (non-hydrogen) atoms. The molecule has 1 atom stereocenters. The van der Waals surface area contributed by atoms with Crippen LogP contribution in [0.1, 0.15) is 31.7 Å². The lowest BCUT2D eigenvalue weighted by Gasteiger charge is -2.17. The maximum atomic E-state index is 5.89. The summed E-state index contributed by atoms with van der Waals surface area (Å²) in [6.07, 6.45) is 5.73. The van der Waals surface area contributed by atoms with Crippen molar-refractivity contribution >= 4 is 17.3 Å². The van der Waals surface area contributed by atoms with Gasteiger partial charge in [0.15, 0.2) is 0 Å². The van der Waals surface area contributed by atoms with Crippen LogP contribution in [-0.4, -0.2) is 11.0 Å². The first-order valence-corrected chi connectivity index (χ1v) is 5.97. The Balaban J connectivity index is 2.05. The molecule has 2 nitrogen and oxygen atoms in total. The van der Waals surface area contributed by atoms with Gasteiger partial charge in [-0.1, -0.05) is 18.5 Å². The van der Waals surface area contributed by atoms with Crippen LogP contribution in [0.15, 0.2) is 12.3 Å². The van der Waals surface area contributed by atoms with E-state index in [-0.39, 0.29) is 0 Å². The second-order valence-electron chi connectivity index (χ2n) is 4.33. The molecule has 0 bridgehead atoms.